The van der Waals surface area contributed by atoms with Crippen molar-refractivity contribution in [1.29, 1.82) is 0 Å². The molecule has 0 amide bonds. The fraction of sp³-hybridized carbons (Fsp3) is 0.167. The molecule has 0 fully saturated rings. The lowest BCUT2D eigenvalue weighted by molar-refractivity contribution is 0.553. The van der Waals surface area contributed by atoms with Crippen LogP contribution in [-0.4, -0.2) is 0 Å². The van der Waals surface area contributed by atoms with E-state index < -0.39 is 0 Å². The second-order valence-electron chi connectivity index (χ2n) is 3.61. The standard InChI is InChI=1S/C12H13ClN2S/c13-11-3-1-9(2-4-11)7-12(15-14)10-5-6-16-8-10/h1-6,8,12,15H,7,14H2. The van der Waals surface area contributed by atoms with E-state index in [0.717, 1.165) is 11.4 Å². The van der Waals surface area contributed by atoms with Gasteiger partial charge >= 0.3 is 0 Å². The highest BCUT2D eigenvalue weighted by Crippen LogP contribution is 2.21. The largest absolute Gasteiger partial charge is 0.271 e. The third-order valence-electron chi connectivity index (χ3n) is 2.50. The highest BCUT2D eigenvalue weighted by molar-refractivity contribution is 7.07. The average Bonchev–Trinajstić information content (AvgIpc) is 2.82. The molecular weight excluding hydrogens is 240 g/mol. The van der Waals surface area contributed by atoms with E-state index in [0.29, 0.717) is 0 Å². The first-order valence-corrected chi connectivity index (χ1v) is 6.34. The summed E-state index contributed by atoms with van der Waals surface area (Å²) in [5, 5.41) is 4.93. The molecule has 3 N–H and O–H groups in total. The Labute approximate surface area is 104 Å². The lowest BCUT2D eigenvalue weighted by Crippen LogP contribution is -2.29. The van der Waals surface area contributed by atoms with Crippen molar-refractivity contribution in [2.75, 3.05) is 0 Å². The number of hydrazine groups is 1. The Morgan fingerprint density at radius 1 is 1.25 bits per heavy atom. The smallest absolute Gasteiger partial charge is 0.0508 e. The van der Waals surface area contributed by atoms with Crippen molar-refractivity contribution >= 4 is 22.9 Å². The van der Waals surface area contributed by atoms with Gasteiger partial charge in [-0.05, 0) is 46.5 Å². The van der Waals surface area contributed by atoms with Gasteiger partial charge in [-0.15, -0.1) is 0 Å². The summed E-state index contributed by atoms with van der Waals surface area (Å²) in [6, 6.07) is 10.1. The minimum Gasteiger partial charge on any atom is -0.271 e. The van der Waals surface area contributed by atoms with Gasteiger partial charge in [0.25, 0.3) is 0 Å². The van der Waals surface area contributed by atoms with E-state index in [-0.39, 0.29) is 6.04 Å². The zero-order valence-electron chi connectivity index (χ0n) is 8.69. The predicted octanol–water partition coefficient (Wildman–Crippen LogP) is 3.15. The van der Waals surface area contributed by atoms with Crippen LogP contribution in [-0.2, 0) is 6.42 Å². The molecule has 84 valence electrons. The monoisotopic (exact) mass is 252 g/mol. The molecule has 2 rings (SSSR count). The van der Waals surface area contributed by atoms with Crippen molar-refractivity contribution in [3.63, 3.8) is 0 Å². The SMILES string of the molecule is NNC(Cc1ccc(Cl)cc1)c1ccsc1. The summed E-state index contributed by atoms with van der Waals surface area (Å²) < 4.78 is 0. The van der Waals surface area contributed by atoms with Crippen LogP contribution in [0.5, 0.6) is 0 Å². The first-order valence-electron chi connectivity index (χ1n) is 5.02. The third-order valence-corrected chi connectivity index (χ3v) is 3.45. The van der Waals surface area contributed by atoms with Crippen LogP contribution >= 0.6 is 22.9 Å². The number of hydrogen-bond donors (Lipinski definition) is 2. The molecule has 0 saturated carbocycles. The molecule has 0 bridgehead atoms. The maximum atomic E-state index is 5.84. The molecule has 0 aliphatic carbocycles. The Balaban J connectivity index is 2.10. The zero-order chi connectivity index (χ0) is 11.4. The van der Waals surface area contributed by atoms with Crippen molar-refractivity contribution in [2.45, 2.75) is 12.5 Å². The van der Waals surface area contributed by atoms with E-state index in [1.54, 1.807) is 11.3 Å². The molecule has 0 saturated heterocycles. The molecule has 0 spiro atoms. The van der Waals surface area contributed by atoms with Gasteiger partial charge in [-0.25, -0.2) is 0 Å². The molecule has 0 radical (unpaired) electrons. The Hall–Kier alpha value is -0.870. The van der Waals surface area contributed by atoms with Crippen LogP contribution in [0.3, 0.4) is 0 Å². The van der Waals surface area contributed by atoms with E-state index in [1.807, 2.05) is 24.3 Å². The normalized spacial score (nSPS) is 12.6. The van der Waals surface area contributed by atoms with E-state index >= 15 is 0 Å². The van der Waals surface area contributed by atoms with Crippen LogP contribution in [0, 0.1) is 0 Å². The van der Waals surface area contributed by atoms with Crippen LogP contribution in [0.2, 0.25) is 5.02 Å². The Bertz CT molecular complexity index is 425. The van der Waals surface area contributed by atoms with Crippen molar-refractivity contribution in [1.82, 2.24) is 5.43 Å². The minimum atomic E-state index is 0.160. The van der Waals surface area contributed by atoms with Gasteiger partial charge in [0.2, 0.25) is 0 Å². The zero-order valence-corrected chi connectivity index (χ0v) is 10.3. The van der Waals surface area contributed by atoms with Crippen LogP contribution < -0.4 is 11.3 Å². The van der Waals surface area contributed by atoms with Crippen LogP contribution in [0.15, 0.2) is 41.1 Å². The lowest BCUT2D eigenvalue weighted by atomic mass is 10.0. The van der Waals surface area contributed by atoms with Gasteiger partial charge in [-0.2, -0.15) is 11.3 Å². The molecule has 1 atom stereocenters. The molecule has 16 heavy (non-hydrogen) atoms. The molecule has 1 unspecified atom stereocenters. The molecule has 4 heteroatoms. The molecule has 1 aromatic carbocycles. The number of nitrogens with one attached hydrogen (secondary N) is 1. The number of thiophene rings is 1. The van der Waals surface area contributed by atoms with Gasteiger partial charge in [-0.3, -0.25) is 11.3 Å². The molecule has 0 aliphatic rings. The summed E-state index contributed by atoms with van der Waals surface area (Å²) in [6.07, 6.45) is 0.865. The van der Waals surface area contributed by atoms with Crippen LogP contribution in [0.4, 0.5) is 0 Å². The lowest BCUT2D eigenvalue weighted by Gasteiger charge is -2.14. The summed E-state index contributed by atoms with van der Waals surface area (Å²) in [4.78, 5) is 0. The van der Waals surface area contributed by atoms with E-state index in [1.165, 1.54) is 11.1 Å². The Kier molecular flexibility index (Phi) is 3.96. The molecule has 1 heterocycles. The topological polar surface area (TPSA) is 38.0 Å². The number of hydrogen-bond acceptors (Lipinski definition) is 3. The van der Waals surface area contributed by atoms with Crippen LogP contribution in [0.25, 0.3) is 0 Å². The number of benzene rings is 1. The van der Waals surface area contributed by atoms with Gasteiger partial charge in [0, 0.05) is 5.02 Å². The van der Waals surface area contributed by atoms with Gasteiger partial charge in [0.15, 0.2) is 0 Å². The van der Waals surface area contributed by atoms with E-state index in [4.69, 9.17) is 17.4 Å². The van der Waals surface area contributed by atoms with E-state index in [2.05, 4.69) is 22.3 Å². The first kappa shape index (κ1) is 11.6. The van der Waals surface area contributed by atoms with Crippen molar-refractivity contribution in [3.05, 3.63) is 57.2 Å². The fourth-order valence-corrected chi connectivity index (χ4v) is 2.44. The predicted molar refractivity (Wildman–Crippen MR) is 69.5 cm³/mol. The molecule has 0 aliphatic heterocycles. The second kappa shape index (κ2) is 5.46. The quantitative estimate of drug-likeness (QED) is 0.648. The highest BCUT2D eigenvalue weighted by atomic mass is 35.5. The number of nitrogens with two attached hydrogens (primary N) is 1. The summed E-state index contributed by atoms with van der Waals surface area (Å²) in [6.45, 7) is 0. The molecule has 2 aromatic rings. The third kappa shape index (κ3) is 2.83. The fourth-order valence-electron chi connectivity index (χ4n) is 1.60. The maximum Gasteiger partial charge on any atom is 0.0508 e. The minimum absolute atomic E-state index is 0.160. The summed E-state index contributed by atoms with van der Waals surface area (Å²) >= 11 is 7.52. The van der Waals surface area contributed by atoms with Gasteiger partial charge < -0.3 is 0 Å². The van der Waals surface area contributed by atoms with Crippen LogP contribution in [0.1, 0.15) is 17.2 Å². The van der Waals surface area contributed by atoms with Gasteiger partial charge in [0.1, 0.15) is 0 Å². The summed E-state index contributed by atoms with van der Waals surface area (Å²) in [5.74, 6) is 5.57. The molecule has 2 nitrogen and oxygen atoms in total. The molecular formula is C12H13ClN2S. The van der Waals surface area contributed by atoms with Crippen molar-refractivity contribution < 1.29 is 0 Å². The maximum absolute atomic E-state index is 5.84. The van der Waals surface area contributed by atoms with Crippen molar-refractivity contribution in [2.24, 2.45) is 5.84 Å². The van der Waals surface area contributed by atoms with Crippen molar-refractivity contribution in [3.8, 4) is 0 Å². The van der Waals surface area contributed by atoms with E-state index in [9.17, 15) is 0 Å². The number of halogens is 1. The first-order chi connectivity index (χ1) is 7.79. The Morgan fingerprint density at radius 3 is 2.56 bits per heavy atom. The highest BCUT2D eigenvalue weighted by Gasteiger charge is 2.10. The Morgan fingerprint density at radius 2 is 2.00 bits per heavy atom. The second-order valence-corrected chi connectivity index (χ2v) is 4.82. The molecule has 1 aromatic heterocycles. The number of rotatable bonds is 4. The van der Waals surface area contributed by atoms with Gasteiger partial charge in [-0.1, -0.05) is 23.7 Å². The summed E-state index contributed by atoms with van der Waals surface area (Å²) in [5.41, 5.74) is 5.29. The summed E-state index contributed by atoms with van der Waals surface area (Å²) in [7, 11) is 0. The van der Waals surface area contributed by atoms with Gasteiger partial charge in [0.05, 0.1) is 6.04 Å². The average molecular weight is 253 g/mol.